The number of halogens is 3. The number of ether oxygens (including phenoxy) is 1. The van der Waals surface area contributed by atoms with Crippen LogP contribution >= 0.6 is 0 Å². The molecule has 0 spiro atoms. The number of carboxylic acid groups (broad SMARTS) is 1. The molecule has 4 nitrogen and oxygen atoms in total. The molecule has 0 aliphatic heterocycles. The number of alkyl halides is 3. The van der Waals surface area contributed by atoms with E-state index < -0.39 is 25.0 Å². The molecule has 0 aliphatic carbocycles. The van der Waals surface area contributed by atoms with Gasteiger partial charge in [-0.2, -0.15) is 0 Å². The Morgan fingerprint density at radius 1 is 1.58 bits per heavy atom. The number of hydrogen-bond acceptors (Lipinski definition) is 3. The van der Waals surface area contributed by atoms with E-state index >= 15 is 0 Å². The maximum Gasteiger partial charge on any atom is 0.522 e. The summed E-state index contributed by atoms with van der Waals surface area (Å²) in [4.78, 5) is 9.99. The average Bonchev–Trinajstić information content (AvgIpc) is 1.84. The number of rotatable bonds is 4. The van der Waals surface area contributed by atoms with Crippen LogP contribution in [0.4, 0.5) is 13.2 Å². The second-order valence-electron chi connectivity index (χ2n) is 2.03. The van der Waals surface area contributed by atoms with Crippen LogP contribution in [0.5, 0.6) is 0 Å². The molecule has 7 heteroatoms. The lowest BCUT2D eigenvalue weighted by atomic mass is 10.2. The van der Waals surface area contributed by atoms with Crippen molar-refractivity contribution in [3.8, 4) is 0 Å². The van der Waals surface area contributed by atoms with Crippen LogP contribution < -0.4 is 5.73 Å². The number of carbonyl (C=O) groups is 1. The second-order valence-corrected chi connectivity index (χ2v) is 2.03. The lowest BCUT2D eigenvalue weighted by molar-refractivity contribution is -0.324. The van der Waals surface area contributed by atoms with Gasteiger partial charge in [0.25, 0.3) is 0 Å². The fourth-order valence-electron chi connectivity index (χ4n) is 0.425. The molecule has 0 saturated heterocycles. The third-order valence-corrected chi connectivity index (χ3v) is 1.01. The third kappa shape index (κ3) is 5.93. The highest BCUT2D eigenvalue weighted by atomic mass is 19.4. The Bertz CT molecular complexity index is 159. The second kappa shape index (κ2) is 4.27. The normalized spacial score (nSPS) is 14.3. The molecule has 0 amide bonds. The molecule has 0 aliphatic rings. The molecule has 0 aromatic carbocycles. The van der Waals surface area contributed by atoms with E-state index in [1.165, 1.54) is 0 Å². The van der Waals surface area contributed by atoms with E-state index in [0.717, 1.165) is 0 Å². The van der Waals surface area contributed by atoms with Gasteiger partial charge in [0.1, 0.15) is 6.04 Å². The summed E-state index contributed by atoms with van der Waals surface area (Å²) in [5, 5.41) is 8.15. The van der Waals surface area contributed by atoms with Gasteiger partial charge in [-0.3, -0.25) is 9.53 Å². The first-order chi connectivity index (χ1) is 5.33. The summed E-state index contributed by atoms with van der Waals surface area (Å²) < 4.78 is 37.2. The van der Waals surface area contributed by atoms with Crippen molar-refractivity contribution in [3.63, 3.8) is 0 Å². The first-order valence-electron chi connectivity index (χ1n) is 3.02. The van der Waals surface area contributed by atoms with E-state index in [0.29, 0.717) is 0 Å². The van der Waals surface area contributed by atoms with Gasteiger partial charge >= 0.3 is 12.3 Å². The summed E-state index contributed by atoms with van der Waals surface area (Å²) in [6.45, 7) is -0.739. The lowest BCUT2D eigenvalue weighted by Gasteiger charge is -2.08. The Hall–Kier alpha value is -0.820. The van der Waals surface area contributed by atoms with Crippen LogP contribution in [0.25, 0.3) is 0 Å². The fourth-order valence-corrected chi connectivity index (χ4v) is 0.425. The maximum absolute atomic E-state index is 11.3. The predicted octanol–water partition coefficient (Wildman–Crippen LogP) is 0.325. The Morgan fingerprint density at radius 2 is 2.08 bits per heavy atom. The van der Waals surface area contributed by atoms with Crippen LogP contribution in [0.2, 0.25) is 0 Å². The van der Waals surface area contributed by atoms with Gasteiger partial charge in [-0.15, -0.1) is 13.2 Å². The lowest BCUT2D eigenvalue weighted by Crippen LogP contribution is -2.32. The van der Waals surface area contributed by atoms with Crippen molar-refractivity contribution in [1.29, 1.82) is 0 Å². The number of carboxylic acids is 1. The molecule has 3 N–H and O–H groups in total. The van der Waals surface area contributed by atoms with Gasteiger partial charge in [0.05, 0.1) is 6.61 Å². The third-order valence-electron chi connectivity index (χ3n) is 1.01. The van der Waals surface area contributed by atoms with Crippen molar-refractivity contribution in [2.45, 2.75) is 18.8 Å². The van der Waals surface area contributed by atoms with Crippen molar-refractivity contribution in [3.05, 3.63) is 0 Å². The number of hydrogen-bond donors (Lipinski definition) is 2. The van der Waals surface area contributed by atoms with Crippen LogP contribution in [0.3, 0.4) is 0 Å². The monoisotopic (exact) mass is 187 g/mol. The fraction of sp³-hybridized carbons (Fsp3) is 0.800. The largest absolute Gasteiger partial charge is 0.522 e. The van der Waals surface area contributed by atoms with Gasteiger partial charge in [-0.25, -0.2) is 0 Å². The molecule has 0 bridgehead atoms. The van der Waals surface area contributed by atoms with Crippen molar-refractivity contribution in [2.75, 3.05) is 6.61 Å². The van der Waals surface area contributed by atoms with E-state index in [1.807, 2.05) is 0 Å². The molecule has 72 valence electrons. The van der Waals surface area contributed by atoms with E-state index in [9.17, 15) is 18.0 Å². The predicted molar refractivity (Wildman–Crippen MR) is 32.2 cm³/mol. The Morgan fingerprint density at radius 3 is 2.42 bits per heavy atom. The number of aliphatic carboxylic acids is 1. The van der Waals surface area contributed by atoms with Gasteiger partial charge < -0.3 is 10.8 Å². The molecule has 12 heavy (non-hydrogen) atoms. The van der Waals surface area contributed by atoms with Crippen LogP contribution in [0.15, 0.2) is 0 Å². The molecule has 0 radical (unpaired) electrons. The van der Waals surface area contributed by atoms with Crippen molar-refractivity contribution < 1.29 is 27.8 Å². The van der Waals surface area contributed by atoms with E-state index in [-0.39, 0.29) is 6.42 Å². The Labute approximate surface area is 66.1 Å². The molecule has 0 aromatic rings. The standard InChI is InChI=1S/C5H8F3NO3/c6-5(7,8)12-2-1-3(9)4(10)11/h3H,1-2,9H2,(H,10,11)/t3-/m1/s1. The van der Waals surface area contributed by atoms with Gasteiger partial charge in [0.2, 0.25) is 0 Å². The van der Waals surface area contributed by atoms with Crippen molar-refractivity contribution >= 4 is 5.97 Å². The van der Waals surface area contributed by atoms with E-state index in [2.05, 4.69) is 4.74 Å². The first-order valence-corrected chi connectivity index (χ1v) is 3.02. The quantitative estimate of drug-likeness (QED) is 0.664. The molecule has 0 fully saturated rings. The minimum atomic E-state index is -4.72. The highest BCUT2D eigenvalue weighted by molar-refractivity contribution is 5.72. The minimum absolute atomic E-state index is 0.366. The summed E-state index contributed by atoms with van der Waals surface area (Å²) in [6, 6.07) is -1.31. The Balaban J connectivity index is 3.51. The smallest absolute Gasteiger partial charge is 0.480 e. The van der Waals surface area contributed by atoms with E-state index in [4.69, 9.17) is 10.8 Å². The molecule has 0 unspecified atom stereocenters. The summed E-state index contributed by atoms with van der Waals surface area (Å²) >= 11 is 0. The zero-order valence-electron chi connectivity index (χ0n) is 5.97. The Kier molecular flexibility index (Phi) is 3.98. The van der Waals surface area contributed by atoms with Gasteiger partial charge in [0.15, 0.2) is 0 Å². The first kappa shape index (κ1) is 11.2. The van der Waals surface area contributed by atoms with E-state index in [1.54, 1.807) is 0 Å². The summed E-state index contributed by atoms with van der Waals surface area (Å²) in [5.74, 6) is -1.35. The zero-order chi connectivity index (χ0) is 9.78. The molecule has 0 saturated carbocycles. The number of nitrogens with two attached hydrogens (primary N) is 1. The van der Waals surface area contributed by atoms with Crippen LogP contribution in [-0.2, 0) is 9.53 Å². The zero-order valence-corrected chi connectivity index (χ0v) is 5.97. The highest BCUT2D eigenvalue weighted by Crippen LogP contribution is 2.16. The molecule has 0 aromatic heterocycles. The van der Waals surface area contributed by atoms with Gasteiger partial charge in [-0.1, -0.05) is 0 Å². The SMILES string of the molecule is N[C@H](CCOC(F)(F)F)C(=O)O. The molecule has 1 atom stereocenters. The molecule has 0 rings (SSSR count). The van der Waals surface area contributed by atoms with Gasteiger partial charge in [0, 0.05) is 0 Å². The molecule has 0 heterocycles. The van der Waals surface area contributed by atoms with Gasteiger partial charge in [-0.05, 0) is 6.42 Å². The minimum Gasteiger partial charge on any atom is -0.480 e. The van der Waals surface area contributed by atoms with Crippen LogP contribution in [0.1, 0.15) is 6.42 Å². The average molecular weight is 187 g/mol. The molecular formula is C5H8F3NO3. The summed E-state index contributed by atoms with van der Waals surface area (Å²) in [7, 11) is 0. The summed E-state index contributed by atoms with van der Waals surface area (Å²) in [6.07, 6.45) is -5.09. The van der Waals surface area contributed by atoms with Crippen LogP contribution in [0, 0.1) is 0 Å². The highest BCUT2D eigenvalue weighted by Gasteiger charge is 2.29. The van der Waals surface area contributed by atoms with Crippen molar-refractivity contribution in [1.82, 2.24) is 0 Å². The molecular weight excluding hydrogens is 179 g/mol. The topological polar surface area (TPSA) is 72.5 Å². The maximum atomic E-state index is 11.3. The van der Waals surface area contributed by atoms with Crippen LogP contribution in [-0.4, -0.2) is 30.1 Å². The summed E-state index contributed by atoms with van der Waals surface area (Å²) in [5.41, 5.74) is 4.90. The van der Waals surface area contributed by atoms with Crippen molar-refractivity contribution in [2.24, 2.45) is 5.73 Å².